The molecule has 3 rings (SSSR count). The van der Waals surface area contributed by atoms with E-state index in [4.69, 9.17) is 11.6 Å². The number of aromatic nitrogens is 2. The van der Waals surface area contributed by atoms with Crippen LogP contribution in [0.25, 0.3) is 0 Å². The molecule has 104 valence electrons. The number of hydrogen-bond donors (Lipinski definition) is 1. The van der Waals surface area contributed by atoms with Crippen molar-refractivity contribution in [3.05, 3.63) is 64.5 Å². The molecule has 1 heterocycles. The zero-order valence-corrected chi connectivity index (χ0v) is 11.8. The number of nitrogens with zero attached hydrogens (tertiary/aromatic N) is 1. The number of hydrogen-bond acceptors (Lipinski definition) is 1. The topological polar surface area (TPSA) is 28.7 Å². The molecule has 0 radical (unpaired) electrons. The Hall–Kier alpha value is -1.61. The first-order chi connectivity index (χ1) is 9.77. The summed E-state index contributed by atoms with van der Waals surface area (Å²) in [5, 5.41) is 0.456. The number of allylic oxidation sites excluding steroid dienone is 2. The number of rotatable bonds is 3. The Kier molecular flexibility index (Phi) is 3.88. The highest BCUT2D eigenvalue weighted by molar-refractivity contribution is 6.31. The third-order valence-electron chi connectivity index (χ3n) is 3.78. The fourth-order valence-electron chi connectivity index (χ4n) is 2.84. The van der Waals surface area contributed by atoms with Gasteiger partial charge in [0.1, 0.15) is 11.6 Å². The molecule has 1 aliphatic carbocycles. The van der Waals surface area contributed by atoms with Gasteiger partial charge in [0.25, 0.3) is 0 Å². The molecule has 1 aromatic carbocycles. The van der Waals surface area contributed by atoms with Gasteiger partial charge in [-0.2, -0.15) is 0 Å². The standard InChI is InChI=1S/C16H16ClFN2/c17-12-7-4-8-13(18)15(12)14(16-19-9-10-20-16)11-5-2-1-3-6-11/h4-5,7-10,14H,1-3,6H2,(H,19,20). The molecule has 1 atom stereocenters. The average molecular weight is 291 g/mol. The molecule has 1 unspecified atom stereocenters. The van der Waals surface area contributed by atoms with Crippen molar-refractivity contribution in [2.24, 2.45) is 0 Å². The van der Waals surface area contributed by atoms with Crippen molar-refractivity contribution in [1.82, 2.24) is 9.97 Å². The lowest BCUT2D eigenvalue weighted by molar-refractivity contribution is 0.590. The number of benzene rings is 1. The molecule has 0 fully saturated rings. The highest BCUT2D eigenvalue weighted by atomic mass is 35.5. The second-order valence-corrected chi connectivity index (χ2v) is 5.47. The number of halogens is 2. The number of nitrogens with one attached hydrogen (secondary N) is 1. The molecule has 1 aromatic heterocycles. The van der Waals surface area contributed by atoms with Crippen molar-refractivity contribution in [2.45, 2.75) is 31.6 Å². The van der Waals surface area contributed by atoms with Crippen molar-refractivity contribution in [1.29, 1.82) is 0 Å². The molecule has 20 heavy (non-hydrogen) atoms. The highest BCUT2D eigenvalue weighted by Gasteiger charge is 2.27. The van der Waals surface area contributed by atoms with Crippen molar-refractivity contribution in [3.8, 4) is 0 Å². The maximum Gasteiger partial charge on any atom is 0.128 e. The molecule has 0 aliphatic heterocycles. The van der Waals surface area contributed by atoms with Crippen LogP contribution in [0.2, 0.25) is 5.02 Å². The second-order valence-electron chi connectivity index (χ2n) is 5.07. The van der Waals surface area contributed by atoms with Crippen LogP contribution in [0, 0.1) is 5.82 Å². The van der Waals surface area contributed by atoms with E-state index in [1.807, 2.05) is 0 Å². The SMILES string of the molecule is Fc1cccc(Cl)c1C(C1=CCCCC1)c1ncc[nH]1. The summed E-state index contributed by atoms with van der Waals surface area (Å²) in [6, 6.07) is 4.83. The second kappa shape index (κ2) is 5.80. The Bertz CT molecular complexity index is 599. The fraction of sp³-hybridized carbons (Fsp3) is 0.312. The maximum atomic E-state index is 14.3. The van der Waals surface area contributed by atoms with Gasteiger partial charge in [-0.3, -0.25) is 0 Å². The van der Waals surface area contributed by atoms with Gasteiger partial charge in [-0.15, -0.1) is 0 Å². The zero-order valence-electron chi connectivity index (χ0n) is 11.1. The predicted octanol–water partition coefficient (Wildman–Crippen LogP) is 4.83. The molecule has 0 saturated heterocycles. The van der Waals surface area contributed by atoms with Crippen LogP contribution in [0.5, 0.6) is 0 Å². The Morgan fingerprint density at radius 1 is 1.30 bits per heavy atom. The highest BCUT2D eigenvalue weighted by Crippen LogP contribution is 2.39. The number of H-pyrrole nitrogens is 1. The normalized spacial score (nSPS) is 16.8. The van der Waals surface area contributed by atoms with E-state index in [9.17, 15) is 4.39 Å². The molecule has 0 saturated carbocycles. The summed E-state index contributed by atoms with van der Waals surface area (Å²) in [6.45, 7) is 0. The van der Waals surface area contributed by atoms with Gasteiger partial charge in [-0.1, -0.05) is 29.3 Å². The van der Waals surface area contributed by atoms with Crippen molar-refractivity contribution in [3.63, 3.8) is 0 Å². The lowest BCUT2D eigenvalue weighted by Gasteiger charge is -2.23. The molecule has 1 N–H and O–H groups in total. The van der Waals surface area contributed by atoms with E-state index in [1.54, 1.807) is 24.5 Å². The summed E-state index contributed by atoms with van der Waals surface area (Å²) >= 11 is 6.25. The number of aromatic amines is 1. The third kappa shape index (κ3) is 2.50. The van der Waals surface area contributed by atoms with Gasteiger partial charge in [0.15, 0.2) is 0 Å². The van der Waals surface area contributed by atoms with Crippen LogP contribution >= 0.6 is 11.6 Å². The first-order valence-corrected chi connectivity index (χ1v) is 7.27. The third-order valence-corrected chi connectivity index (χ3v) is 4.11. The first kappa shape index (κ1) is 13.4. The van der Waals surface area contributed by atoms with Crippen LogP contribution in [-0.2, 0) is 0 Å². The van der Waals surface area contributed by atoms with E-state index in [2.05, 4.69) is 16.0 Å². The Morgan fingerprint density at radius 3 is 2.85 bits per heavy atom. The Labute approximate surface area is 122 Å². The van der Waals surface area contributed by atoms with Gasteiger partial charge < -0.3 is 4.98 Å². The quantitative estimate of drug-likeness (QED) is 0.806. The van der Waals surface area contributed by atoms with E-state index in [-0.39, 0.29) is 11.7 Å². The molecule has 4 heteroatoms. The molecule has 0 bridgehead atoms. The van der Waals surface area contributed by atoms with Crippen LogP contribution in [0.3, 0.4) is 0 Å². The first-order valence-electron chi connectivity index (χ1n) is 6.89. The fourth-order valence-corrected chi connectivity index (χ4v) is 3.12. The molecule has 2 aromatic rings. The summed E-state index contributed by atoms with van der Waals surface area (Å²) in [7, 11) is 0. The Morgan fingerprint density at radius 2 is 2.20 bits per heavy atom. The zero-order chi connectivity index (χ0) is 13.9. The van der Waals surface area contributed by atoms with Crippen LogP contribution < -0.4 is 0 Å². The van der Waals surface area contributed by atoms with Gasteiger partial charge in [0.05, 0.1) is 5.92 Å². The summed E-state index contributed by atoms with van der Waals surface area (Å²) in [6.07, 6.45) is 10.0. The maximum absolute atomic E-state index is 14.3. The van der Waals surface area contributed by atoms with E-state index in [0.717, 1.165) is 25.1 Å². The van der Waals surface area contributed by atoms with E-state index in [1.165, 1.54) is 18.1 Å². The largest absolute Gasteiger partial charge is 0.348 e. The molecule has 0 spiro atoms. The Balaban J connectivity index is 2.13. The van der Waals surface area contributed by atoms with E-state index >= 15 is 0 Å². The van der Waals surface area contributed by atoms with E-state index < -0.39 is 0 Å². The van der Waals surface area contributed by atoms with Crippen LogP contribution in [0.15, 0.2) is 42.2 Å². The molecule has 0 amide bonds. The van der Waals surface area contributed by atoms with Gasteiger partial charge in [-0.05, 0) is 37.8 Å². The van der Waals surface area contributed by atoms with Crippen LogP contribution in [0.4, 0.5) is 4.39 Å². The summed E-state index contributed by atoms with van der Waals surface area (Å²) in [5.74, 6) is 0.273. The van der Waals surface area contributed by atoms with Crippen LogP contribution in [0.1, 0.15) is 43.0 Å². The minimum atomic E-state index is -0.273. The molecular weight excluding hydrogens is 275 g/mol. The average Bonchev–Trinajstić information content (AvgIpc) is 2.98. The van der Waals surface area contributed by atoms with Crippen molar-refractivity contribution >= 4 is 11.6 Å². The van der Waals surface area contributed by atoms with Crippen LogP contribution in [-0.4, -0.2) is 9.97 Å². The van der Waals surface area contributed by atoms with Crippen molar-refractivity contribution < 1.29 is 4.39 Å². The smallest absolute Gasteiger partial charge is 0.128 e. The summed E-state index contributed by atoms with van der Waals surface area (Å²) in [5.41, 5.74) is 1.73. The molecule has 1 aliphatic rings. The minimum absolute atomic E-state index is 0.209. The summed E-state index contributed by atoms with van der Waals surface area (Å²) in [4.78, 5) is 7.44. The van der Waals surface area contributed by atoms with Gasteiger partial charge >= 0.3 is 0 Å². The summed E-state index contributed by atoms with van der Waals surface area (Å²) < 4.78 is 14.3. The molecule has 2 nitrogen and oxygen atoms in total. The van der Waals surface area contributed by atoms with E-state index in [0.29, 0.717) is 10.6 Å². The van der Waals surface area contributed by atoms with Gasteiger partial charge in [0, 0.05) is 23.0 Å². The minimum Gasteiger partial charge on any atom is -0.348 e. The lowest BCUT2D eigenvalue weighted by Crippen LogP contribution is -2.11. The van der Waals surface area contributed by atoms with Crippen molar-refractivity contribution in [2.75, 3.05) is 0 Å². The lowest BCUT2D eigenvalue weighted by atomic mass is 9.84. The van der Waals surface area contributed by atoms with Gasteiger partial charge in [0.2, 0.25) is 0 Å². The van der Waals surface area contributed by atoms with Gasteiger partial charge in [-0.25, -0.2) is 9.37 Å². The number of imidazole rings is 1. The predicted molar refractivity (Wildman–Crippen MR) is 78.4 cm³/mol. The molecular formula is C16H16ClFN2. The monoisotopic (exact) mass is 290 g/mol.